The summed E-state index contributed by atoms with van der Waals surface area (Å²) in [7, 11) is -1.10. The first-order chi connectivity index (χ1) is 17.3. The van der Waals surface area contributed by atoms with Crippen molar-refractivity contribution >= 4 is 28.6 Å². The van der Waals surface area contributed by atoms with E-state index >= 15 is 0 Å². The number of likely N-dealkylation sites (tertiary alicyclic amines) is 1. The van der Waals surface area contributed by atoms with Gasteiger partial charge >= 0.3 is 6.03 Å². The molecule has 2 aromatic rings. The van der Waals surface area contributed by atoms with E-state index in [1.807, 2.05) is 71.6 Å². The zero-order chi connectivity index (χ0) is 25.7. The van der Waals surface area contributed by atoms with Crippen molar-refractivity contribution < 1.29 is 18.5 Å². The highest BCUT2D eigenvalue weighted by Crippen LogP contribution is 2.47. The zero-order valence-electron chi connectivity index (χ0n) is 21.2. The van der Waals surface area contributed by atoms with Gasteiger partial charge in [-0.3, -0.25) is 9.10 Å². The van der Waals surface area contributed by atoms with E-state index in [2.05, 4.69) is 16.7 Å². The van der Waals surface area contributed by atoms with E-state index in [9.17, 15) is 13.8 Å². The van der Waals surface area contributed by atoms with Crippen molar-refractivity contribution in [2.24, 2.45) is 0 Å². The van der Waals surface area contributed by atoms with E-state index in [-0.39, 0.29) is 30.0 Å². The molecule has 2 aliphatic rings. The lowest BCUT2D eigenvalue weighted by atomic mass is 9.74. The molecular formula is C27H36N4O4S. The highest BCUT2D eigenvalue weighted by atomic mass is 32.2. The average molecular weight is 513 g/mol. The Morgan fingerprint density at radius 1 is 1.03 bits per heavy atom. The molecule has 0 saturated carbocycles. The second-order valence-corrected chi connectivity index (χ2v) is 11.2. The molecule has 2 atom stereocenters. The molecule has 1 unspecified atom stereocenters. The first kappa shape index (κ1) is 26.2. The summed E-state index contributed by atoms with van der Waals surface area (Å²) in [6, 6.07) is 16.7. The maximum atomic E-state index is 13.5. The van der Waals surface area contributed by atoms with E-state index in [4.69, 9.17) is 4.74 Å². The molecule has 8 nitrogen and oxygen atoms in total. The van der Waals surface area contributed by atoms with Crippen molar-refractivity contribution in [1.29, 1.82) is 0 Å². The third-order valence-corrected chi connectivity index (χ3v) is 7.90. The number of benzene rings is 2. The lowest BCUT2D eigenvalue weighted by Crippen LogP contribution is -2.56. The molecule has 2 aromatic carbocycles. The van der Waals surface area contributed by atoms with Gasteiger partial charge < -0.3 is 20.3 Å². The molecule has 0 aliphatic carbocycles. The lowest BCUT2D eigenvalue weighted by molar-refractivity contribution is -0.136. The molecule has 0 bridgehead atoms. The molecule has 4 rings (SSSR count). The van der Waals surface area contributed by atoms with E-state index in [1.54, 1.807) is 6.26 Å². The molecule has 1 spiro atoms. The van der Waals surface area contributed by atoms with Crippen LogP contribution in [0.4, 0.5) is 10.5 Å². The van der Waals surface area contributed by atoms with Gasteiger partial charge in [0.1, 0.15) is 17.0 Å². The standard InChI is InChI=1S/C27H36N4O4S/c1-20(2)28-26(33)29-23(18-35-17-21-9-5-4-6-10-21)25(32)30-15-13-27(14-16-30)19-31(36(3)34)24-12-8-7-11-22(24)27/h4-12,20,23H,13-19H2,1-3H3,(H2,28,29,33)/t23-,36?/m1/s1. The van der Waals surface area contributed by atoms with E-state index in [0.717, 1.165) is 24.1 Å². The quantitative estimate of drug-likeness (QED) is 0.569. The molecule has 1 saturated heterocycles. The number of urea groups is 1. The minimum Gasteiger partial charge on any atom is -0.374 e. The van der Waals surface area contributed by atoms with Gasteiger partial charge in [0, 0.05) is 37.3 Å². The summed E-state index contributed by atoms with van der Waals surface area (Å²) in [5.74, 6) is -0.140. The number of rotatable bonds is 8. The number of carbonyl (C=O) groups excluding carboxylic acids is 2. The molecule has 36 heavy (non-hydrogen) atoms. The molecule has 2 heterocycles. The van der Waals surface area contributed by atoms with Crippen LogP contribution in [0.2, 0.25) is 0 Å². The second kappa shape index (κ2) is 11.4. The first-order valence-electron chi connectivity index (χ1n) is 12.5. The van der Waals surface area contributed by atoms with Gasteiger partial charge in [0.25, 0.3) is 0 Å². The van der Waals surface area contributed by atoms with Crippen LogP contribution in [0.3, 0.4) is 0 Å². The molecule has 1 fully saturated rings. The predicted octanol–water partition coefficient (Wildman–Crippen LogP) is 2.95. The smallest absolute Gasteiger partial charge is 0.315 e. The number of fused-ring (bicyclic) bond motifs is 2. The van der Waals surface area contributed by atoms with Crippen molar-refractivity contribution in [1.82, 2.24) is 15.5 Å². The van der Waals surface area contributed by atoms with Crippen LogP contribution in [0, 0.1) is 0 Å². The minimum atomic E-state index is -1.10. The number of para-hydroxylation sites is 1. The number of hydrogen-bond acceptors (Lipinski definition) is 4. The maximum Gasteiger partial charge on any atom is 0.315 e. The van der Waals surface area contributed by atoms with Crippen LogP contribution >= 0.6 is 0 Å². The summed E-state index contributed by atoms with van der Waals surface area (Å²) in [4.78, 5) is 27.8. The SMILES string of the molecule is CC(C)NC(=O)N[C@H](COCc1ccccc1)C(=O)N1CCC2(CC1)CN(S(C)=O)c1ccccc12. The molecule has 2 N–H and O–H groups in total. The summed E-state index contributed by atoms with van der Waals surface area (Å²) in [6.07, 6.45) is 3.26. The highest BCUT2D eigenvalue weighted by Gasteiger charge is 2.46. The van der Waals surface area contributed by atoms with Crippen LogP contribution in [0.25, 0.3) is 0 Å². The second-order valence-electron chi connectivity index (χ2n) is 9.91. The van der Waals surface area contributed by atoms with Gasteiger partial charge in [0.2, 0.25) is 5.91 Å². The number of piperidine rings is 1. The Labute approximate surface area is 216 Å². The fourth-order valence-corrected chi connectivity index (χ4v) is 5.99. The van der Waals surface area contributed by atoms with Gasteiger partial charge in [-0.2, -0.15) is 0 Å². The molecule has 3 amide bonds. The first-order valence-corrected chi connectivity index (χ1v) is 14.0. The zero-order valence-corrected chi connectivity index (χ0v) is 22.1. The summed E-state index contributed by atoms with van der Waals surface area (Å²) in [5.41, 5.74) is 3.12. The Morgan fingerprint density at radius 2 is 1.69 bits per heavy atom. The Hall–Kier alpha value is -2.91. The number of nitrogens with one attached hydrogen (secondary N) is 2. The maximum absolute atomic E-state index is 13.5. The van der Waals surface area contributed by atoms with Crippen LogP contribution in [-0.4, -0.2) is 65.6 Å². The third-order valence-electron chi connectivity index (χ3n) is 6.95. The largest absolute Gasteiger partial charge is 0.374 e. The molecule has 194 valence electrons. The Bertz CT molecular complexity index is 1090. The molecule has 0 aromatic heterocycles. The van der Waals surface area contributed by atoms with Crippen molar-refractivity contribution in [2.75, 3.05) is 36.8 Å². The van der Waals surface area contributed by atoms with Gasteiger partial charge in [-0.05, 0) is 43.9 Å². The van der Waals surface area contributed by atoms with Gasteiger partial charge in [0.05, 0.1) is 18.9 Å². The van der Waals surface area contributed by atoms with Crippen molar-refractivity contribution in [3.8, 4) is 0 Å². The lowest BCUT2D eigenvalue weighted by Gasteiger charge is -2.40. The van der Waals surface area contributed by atoms with Crippen molar-refractivity contribution in [2.45, 2.75) is 50.8 Å². The van der Waals surface area contributed by atoms with Crippen LogP contribution in [0.15, 0.2) is 54.6 Å². The van der Waals surface area contributed by atoms with E-state index < -0.39 is 17.0 Å². The minimum absolute atomic E-state index is 0.0460. The number of ether oxygens (including phenoxy) is 1. The van der Waals surface area contributed by atoms with Crippen LogP contribution in [0.1, 0.15) is 37.8 Å². The van der Waals surface area contributed by atoms with Gasteiger partial charge in [-0.25, -0.2) is 9.00 Å². The topological polar surface area (TPSA) is 91.0 Å². The normalized spacial score (nSPS) is 18.1. The van der Waals surface area contributed by atoms with Crippen molar-refractivity contribution in [3.63, 3.8) is 0 Å². The van der Waals surface area contributed by atoms with Crippen LogP contribution < -0.4 is 14.9 Å². The van der Waals surface area contributed by atoms with E-state index in [0.29, 0.717) is 26.2 Å². The fourth-order valence-electron chi connectivity index (χ4n) is 5.12. The molecule has 2 aliphatic heterocycles. The summed E-state index contributed by atoms with van der Waals surface area (Å²) in [5, 5.41) is 5.61. The highest BCUT2D eigenvalue weighted by molar-refractivity contribution is 7.85. The number of amides is 3. The van der Waals surface area contributed by atoms with Crippen LogP contribution in [0.5, 0.6) is 0 Å². The predicted molar refractivity (Wildman–Crippen MR) is 142 cm³/mol. The van der Waals surface area contributed by atoms with Gasteiger partial charge in [0.15, 0.2) is 0 Å². The number of hydrogen-bond donors (Lipinski definition) is 2. The van der Waals surface area contributed by atoms with E-state index in [1.165, 1.54) is 5.56 Å². The van der Waals surface area contributed by atoms with Crippen LogP contribution in [-0.2, 0) is 32.5 Å². The molecule has 9 heteroatoms. The van der Waals surface area contributed by atoms with Gasteiger partial charge in [-0.15, -0.1) is 0 Å². The monoisotopic (exact) mass is 512 g/mol. The number of anilines is 1. The average Bonchev–Trinajstić information content (AvgIpc) is 3.18. The molecular weight excluding hydrogens is 476 g/mol. The Balaban J connectivity index is 1.42. The summed E-state index contributed by atoms with van der Waals surface area (Å²) in [6.45, 7) is 6.03. The fraction of sp³-hybridized carbons (Fsp3) is 0.481. The molecule has 0 radical (unpaired) electrons. The number of nitrogens with zero attached hydrogens (tertiary/aromatic N) is 2. The third kappa shape index (κ3) is 5.90. The van der Waals surface area contributed by atoms with Crippen molar-refractivity contribution in [3.05, 3.63) is 65.7 Å². The Morgan fingerprint density at radius 3 is 2.36 bits per heavy atom. The summed E-state index contributed by atoms with van der Waals surface area (Å²) >= 11 is 0. The summed E-state index contributed by atoms with van der Waals surface area (Å²) < 4.78 is 20.2. The number of carbonyl (C=O) groups is 2. The van der Waals surface area contributed by atoms with Gasteiger partial charge in [-0.1, -0.05) is 48.5 Å². The Kier molecular flexibility index (Phi) is 8.31.